The van der Waals surface area contributed by atoms with Gasteiger partial charge in [0.15, 0.2) is 0 Å². The summed E-state index contributed by atoms with van der Waals surface area (Å²) in [6.07, 6.45) is 2.21. The first-order valence-corrected chi connectivity index (χ1v) is 5.67. The van der Waals surface area contributed by atoms with E-state index in [1.54, 1.807) is 0 Å². The average molecular weight is 202 g/mol. The fourth-order valence-electron chi connectivity index (χ4n) is 1.72. The molecule has 1 aromatic heterocycles. The van der Waals surface area contributed by atoms with Crippen LogP contribution in [0.4, 0.5) is 0 Å². The molecule has 0 atom stereocenters. The van der Waals surface area contributed by atoms with E-state index in [1.807, 2.05) is 11.3 Å². The predicted octanol–water partition coefficient (Wildman–Crippen LogP) is 2.89. The maximum Gasteiger partial charge on any atom is 0.0355 e. The van der Waals surface area contributed by atoms with E-state index in [-0.39, 0.29) is 0 Å². The lowest BCUT2D eigenvalue weighted by Crippen LogP contribution is -2.19. The molecule has 0 aliphatic carbocycles. The summed E-state index contributed by atoms with van der Waals surface area (Å²) in [6, 6.07) is 8.61. The minimum absolute atomic E-state index is 1.39. The number of fused-ring (bicyclic) bond motifs is 1. The molecule has 0 bridgehead atoms. The Morgan fingerprint density at radius 3 is 2.57 bits per heavy atom. The maximum absolute atomic E-state index is 2.21. The molecule has 14 heavy (non-hydrogen) atoms. The van der Waals surface area contributed by atoms with Crippen molar-refractivity contribution in [2.45, 2.75) is 20.8 Å². The monoisotopic (exact) mass is 202 g/mol. The van der Waals surface area contributed by atoms with Gasteiger partial charge in [-0.25, -0.2) is 0 Å². The average Bonchev–Trinajstić information content (AvgIpc) is 2.56. The minimum atomic E-state index is 1.39. The molecular formula is C13H14S. The van der Waals surface area contributed by atoms with Crippen LogP contribution >= 0.6 is 11.3 Å². The van der Waals surface area contributed by atoms with Crippen LogP contribution in [0.25, 0.3) is 21.7 Å². The van der Waals surface area contributed by atoms with Crippen LogP contribution in [0.15, 0.2) is 24.3 Å². The van der Waals surface area contributed by atoms with Gasteiger partial charge in [0, 0.05) is 9.23 Å². The molecule has 0 saturated carbocycles. The molecule has 1 heterocycles. The van der Waals surface area contributed by atoms with Crippen LogP contribution in [-0.4, -0.2) is 0 Å². The Kier molecular flexibility index (Phi) is 2.42. The number of thiophene rings is 1. The van der Waals surface area contributed by atoms with Gasteiger partial charge in [-0.1, -0.05) is 29.8 Å². The van der Waals surface area contributed by atoms with Crippen molar-refractivity contribution in [3.05, 3.63) is 34.0 Å². The lowest BCUT2D eigenvalue weighted by atomic mass is 10.2. The van der Waals surface area contributed by atoms with Crippen molar-refractivity contribution < 1.29 is 0 Å². The molecule has 0 saturated heterocycles. The quantitative estimate of drug-likeness (QED) is 0.616. The Labute approximate surface area is 88.2 Å². The zero-order chi connectivity index (χ0) is 10.1. The van der Waals surface area contributed by atoms with Crippen LogP contribution in [0.3, 0.4) is 0 Å². The van der Waals surface area contributed by atoms with E-state index in [2.05, 4.69) is 51.1 Å². The van der Waals surface area contributed by atoms with Gasteiger partial charge in [-0.2, -0.15) is 0 Å². The van der Waals surface area contributed by atoms with Crippen LogP contribution in [0.5, 0.6) is 0 Å². The van der Waals surface area contributed by atoms with Crippen molar-refractivity contribution in [1.29, 1.82) is 0 Å². The molecule has 2 rings (SSSR count). The van der Waals surface area contributed by atoms with Gasteiger partial charge in [-0.3, -0.25) is 0 Å². The van der Waals surface area contributed by atoms with E-state index < -0.39 is 0 Å². The molecule has 72 valence electrons. The number of benzene rings is 1. The van der Waals surface area contributed by atoms with Crippen molar-refractivity contribution >= 4 is 33.1 Å². The Bertz CT molecular complexity index is 569. The largest absolute Gasteiger partial charge is 0.135 e. The number of rotatable bonds is 0. The van der Waals surface area contributed by atoms with Gasteiger partial charge in [-0.05, 0) is 37.4 Å². The number of hydrogen-bond acceptors (Lipinski definition) is 1. The van der Waals surface area contributed by atoms with Gasteiger partial charge in [0.2, 0.25) is 0 Å². The molecule has 0 aliphatic heterocycles. The van der Waals surface area contributed by atoms with Crippen LogP contribution < -0.4 is 9.75 Å². The fourth-order valence-corrected chi connectivity index (χ4v) is 2.92. The van der Waals surface area contributed by atoms with Gasteiger partial charge in [0.05, 0.1) is 0 Å². The third kappa shape index (κ3) is 1.38. The van der Waals surface area contributed by atoms with Gasteiger partial charge in [-0.15, -0.1) is 11.3 Å². The first kappa shape index (κ1) is 9.47. The summed E-state index contributed by atoms with van der Waals surface area (Å²) in [6.45, 7) is 6.47. The van der Waals surface area contributed by atoms with E-state index in [0.29, 0.717) is 0 Å². The van der Waals surface area contributed by atoms with E-state index in [9.17, 15) is 0 Å². The zero-order valence-corrected chi connectivity index (χ0v) is 9.61. The highest BCUT2D eigenvalue weighted by Crippen LogP contribution is 2.12. The van der Waals surface area contributed by atoms with Gasteiger partial charge in [0.1, 0.15) is 0 Å². The molecule has 1 aromatic carbocycles. The molecule has 0 nitrogen and oxygen atoms in total. The van der Waals surface area contributed by atoms with Crippen molar-refractivity contribution in [2.75, 3.05) is 0 Å². The van der Waals surface area contributed by atoms with E-state index in [4.69, 9.17) is 0 Å². The third-order valence-electron chi connectivity index (χ3n) is 2.38. The molecule has 0 fully saturated rings. The first-order chi connectivity index (χ1) is 6.74. The minimum Gasteiger partial charge on any atom is -0.135 e. The summed E-state index contributed by atoms with van der Waals surface area (Å²) in [7, 11) is 0. The van der Waals surface area contributed by atoms with Crippen molar-refractivity contribution in [1.82, 2.24) is 0 Å². The third-order valence-corrected chi connectivity index (χ3v) is 3.78. The summed E-state index contributed by atoms with van der Waals surface area (Å²) in [5.74, 6) is 0. The highest BCUT2D eigenvalue weighted by atomic mass is 32.1. The molecule has 2 aromatic rings. The summed E-state index contributed by atoms with van der Waals surface area (Å²) in [4.78, 5) is 0. The second-order valence-electron chi connectivity index (χ2n) is 3.63. The second kappa shape index (κ2) is 3.58. The Morgan fingerprint density at radius 1 is 1.21 bits per heavy atom. The standard InChI is InChI=1S/C13H14S/c1-4-10-11-7-5-6-8-12(11)14-13(10)9(2)3/h4-8H,1-3H3/b10-4-. The fraction of sp³-hybridized carbons (Fsp3) is 0.231. The van der Waals surface area contributed by atoms with Gasteiger partial charge in [0.25, 0.3) is 0 Å². The van der Waals surface area contributed by atoms with Crippen LogP contribution in [0.2, 0.25) is 0 Å². The highest BCUT2D eigenvalue weighted by molar-refractivity contribution is 7.17. The Hall–Kier alpha value is -1.08. The van der Waals surface area contributed by atoms with Crippen molar-refractivity contribution in [3.8, 4) is 0 Å². The van der Waals surface area contributed by atoms with E-state index in [0.717, 1.165) is 0 Å². The molecule has 1 heteroatoms. The summed E-state index contributed by atoms with van der Waals surface area (Å²) in [5, 5.41) is 2.78. The normalized spacial score (nSPS) is 12.4. The lowest BCUT2D eigenvalue weighted by molar-refractivity contribution is 1.55. The van der Waals surface area contributed by atoms with E-state index in [1.165, 1.54) is 25.4 Å². The topological polar surface area (TPSA) is 0 Å². The summed E-state index contributed by atoms with van der Waals surface area (Å²) < 4.78 is 2.81. The zero-order valence-electron chi connectivity index (χ0n) is 8.79. The molecular weight excluding hydrogens is 188 g/mol. The smallest absolute Gasteiger partial charge is 0.0355 e. The second-order valence-corrected chi connectivity index (χ2v) is 4.68. The Balaban J connectivity index is 3.11. The van der Waals surface area contributed by atoms with Crippen molar-refractivity contribution in [2.24, 2.45) is 0 Å². The summed E-state index contributed by atoms with van der Waals surface area (Å²) in [5.41, 5.74) is 1.40. The number of hydrogen-bond donors (Lipinski definition) is 0. The molecule has 0 aliphatic rings. The highest BCUT2D eigenvalue weighted by Gasteiger charge is 1.99. The molecule has 0 spiro atoms. The predicted molar refractivity (Wildman–Crippen MR) is 66.0 cm³/mol. The molecule has 0 N–H and O–H groups in total. The Morgan fingerprint density at radius 2 is 1.93 bits per heavy atom. The van der Waals surface area contributed by atoms with Gasteiger partial charge < -0.3 is 0 Å². The van der Waals surface area contributed by atoms with Crippen LogP contribution in [-0.2, 0) is 0 Å². The first-order valence-electron chi connectivity index (χ1n) is 4.85. The summed E-state index contributed by atoms with van der Waals surface area (Å²) >= 11 is 1.89. The SMILES string of the molecule is C/C=c1\c(=C(C)C)sc2ccccc12. The molecule has 0 unspecified atom stereocenters. The van der Waals surface area contributed by atoms with Crippen LogP contribution in [0, 0.1) is 0 Å². The lowest BCUT2D eigenvalue weighted by Gasteiger charge is -1.86. The van der Waals surface area contributed by atoms with Crippen LogP contribution in [0.1, 0.15) is 20.8 Å². The molecule has 0 amide bonds. The molecule has 0 radical (unpaired) electrons. The van der Waals surface area contributed by atoms with E-state index >= 15 is 0 Å². The van der Waals surface area contributed by atoms with Gasteiger partial charge >= 0.3 is 0 Å². The maximum atomic E-state index is 2.21. The van der Waals surface area contributed by atoms with Crippen molar-refractivity contribution in [3.63, 3.8) is 0 Å².